The van der Waals surface area contributed by atoms with Gasteiger partial charge in [-0.25, -0.2) is 4.79 Å². The summed E-state index contributed by atoms with van der Waals surface area (Å²) >= 11 is 0. The number of piperidine rings is 1. The number of nitrogens with one attached hydrogen (secondary N) is 2. The number of urea groups is 1. The maximum absolute atomic E-state index is 12.8. The quantitative estimate of drug-likeness (QED) is 0.487. The molecule has 1 aliphatic heterocycles. The van der Waals surface area contributed by atoms with Gasteiger partial charge in [-0.2, -0.15) is 0 Å². The molecule has 4 N–H and O–H groups in total. The number of nitrogens with two attached hydrogens (primary N) is 1. The van der Waals surface area contributed by atoms with Crippen molar-refractivity contribution in [3.8, 4) is 0 Å². The van der Waals surface area contributed by atoms with Crippen molar-refractivity contribution in [2.75, 3.05) is 19.6 Å². The molecule has 0 aromatic heterocycles. The van der Waals surface area contributed by atoms with Crippen LogP contribution in [0, 0.1) is 11.8 Å². The van der Waals surface area contributed by atoms with Crippen molar-refractivity contribution < 1.29 is 9.59 Å². The average molecular weight is 382 g/mol. The van der Waals surface area contributed by atoms with Gasteiger partial charge in [-0.15, -0.1) is 0 Å². The van der Waals surface area contributed by atoms with E-state index in [0.717, 1.165) is 12.8 Å². The zero-order chi connectivity index (χ0) is 20.8. The minimum Gasteiger partial charge on any atom is -0.388 e. The van der Waals surface area contributed by atoms with Crippen LogP contribution in [-0.2, 0) is 4.79 Å². The second-order valence-electron chi connectivity index (χ2n) is 9.45. The lowest BCUT2D eigenvalue weighted by Gasteiger charge is -2.35. The lowest BCUT2D eigenvalue weighted by atomic mass is 9.89. The molecule has 1 saturated heterocycles. The van der Waals surface area contributed by atoms with E-state index in [2.05, 4.69) is 29.5 Å². The first-order chi connectivity index (χ1) is 12.3. The molecule has 3 amide bonds. The number of aliphatic imine (C=N–C) groups is 1. The van der Waals surface area contributed by atoms with Gasteiger partial charge in [0.2, 0.25) is 5.91 Å². The molecule has 1 rings (SSSR count). The lowest BCUT2D eigenvalue weighted by Crippen LogP contribution is -2.52. The molecule has 7 heteroatoms. The maximum Gasteiger partial charge on any atom is 0.317 e. The van der Waals surface area contributed by atoms with Crippen LogP contribution in [0.4, 0.5) is 4.79 Å². The number of hydrogen-bond acceptors (Lipinski definition) is 3. The first-order valence-electron chi connectivity index (χ1n) is 9.99. The molecule has 0 aromatic carbocycles. The van der Waals surface area contributed by atoms with Crippen LogP contribution in [0.3, 0.4) is 0 Å². The molecule has 0 radical (unpaired) electrons. The van der Waals surface area contributed by atoms with Gasteiger partial charge in [0.25, 0.3) is 0 Å². The molecule has 1 fully saturated rings. The molecule has 1 heterocycles. The SMILES string of the molecule is CC(N)=NC(C)(CC(C)C)C(=O)NCC1CCN(C(=O)NC(C)(C)C)CC1. The van der Waals surface area contributed by atoms with Gasteiger partial charge in [0.1, 0.15) is 5.54 Å². The number of hydrogen-bond donors (Lipinski definition) is 3. The Kier molecular flexibility index (Phi) is 8.11. The first-order valence-corrected chi connectivity index (χ1v) is 9.99. The number of amidine groups is 1. The molecule has 1 unspecified atom stereocenters. The van der Waals surface area contributed by atoms with Crippen LogP contribution in [-0.4, -0.2) is 53.4 Å². The van der Waals surface area contributed by atoms with Crippen LogP contribution >= 0.6 is 0 Å². The molecule has 0 aromatic rings. The summed E-state index contributed by atoms with van der Waals surface area (Å²) in [6.45, 7) is 15.7. The Hall–Kier alpha value is -1.79. The number of carbonyl (C=O) groups excluding carboxylic acids is 2. The third kappa shape index (κ3) is 8.18. The summed E-state index contributed by atoms with van der Waals surface area (Å²) in [6, 6.07) is -0.0118. The summed E-state index contributed by atoms with van der Waals surface area (Å²) in [5, 5.41) is 6.07. The van der Waals surface area contributed by atoms with Gasteiger partial charge >= 0.3 is 6.03 Å². The van der Waals surface area contributed by atoms with Crippen LogP contribution in [0.5, 0.6) is 0 Å². The zero-order valence-electron chi connectivity index (χ0n) is 18.2. The van der Waals surface area contributed by atoms with Crippen molar-refractivity contribution in [2.24, 2.45) is 22.6 Å². The van der Waals surface area contributed by atoms with E-state index in [0.29, 0.717) is 43.7 Å². The highest BCUT2D eigenvalue weighted by molar-refractivity contribution is 5.90. The summed E-state index contributed by atoms with van der Waals surface area (Å²) in [5.41, 5.74) is 4.68. The van der Waals surface area contributed by atoms with Crippen molar-refractivity contribution >= 4 is 17.8 Å². The van der Waals surface area contributed by atoms with Gasteiger partial charge in [0.15, 0.2) is 0 Å². The second-order valence-corrected chi connectivity index (χ2v) is 9.45. The van der Waals surface area contributed by atoms with Crippen LogP contribution < -0.4 is 16.4 Å². The molecular weight excluding hydrogens is 342 g/mol. The van der Waals surface area contributed by atoms with Gasteiger partial charge in [-0.3, -0.25) is 9.79 Å². The van der Waals surface area contributed by atoms with Crippen molar-refractivity contribution in [1.29, 1.82) is 0 Å². The molecular formula is C20H39N5O2. The zero-order valence-corrected chi connectivity index (χ0v) is 18.2. The number of likely N-dealkylation sites (tertiary alicyclic amines) is 1. The van der Waals surface area contributed by atoms with E-state index in [1.165, 1.54) is 0 Å². The van der Waals surface area contributed by atoms with Crippen molar-refractivity contribution in [3.63, 3.8) is 0 Å². The summed E-state index contributed by atoms with van der Waals surface area (Å²) < 4.78 is 0. The van der Waals surface area contributed by atoms with Crippen LogP contribution in [0.15, 0.2) is 4.99 Å². The van der Waals surface area contributed by atoms with E-state index in [9.17, 15) is 9.59 Å². The van der Waals surface area contributed by atoms with Crippen LogP contribution in [0.25, 0.3) is 0 Å². The number of nitrogens with zero attached hydrogens (tertiary/aromatic N) is 2. The molecule has 7 nitrogen and oxygen atoms in total. The topological polar surface area (TPSA) is 99.8 Å². The molecule has 156 valence electrons. The lowest BCUT2D eigenvalue weighted by molar-refractivity contribution is -0.126. The molecule has 0 aliphatic carbocycles. The van der Waals surface area contributed by atoms with E-state index >= 15 is 0 Å². The Labute approximate surface area is 164 Å². The van der Waals surface area contributed by atoms with Gasteiger partial charge in [-0.1, -0.05) is 13.8 Å². The second kappa shape index (κ2) is 9.42. The normalized spacial score (nSPS) is 19.0. The van der Waals surface area contributed by atoms with Crippen molar-refractivity contribution in [1.82, 2.24) is 15.5 Å². The highest BCUT2D eigenvalue weighted by Crippen LogP contribution is 2.23. The molecule has 1 atom stereocenters. The number of carbonyl (C=O) groups is 2. The monoisotopic (exact) mass is 381 g/mol. The standard InChI is InChI=1S/C20H39N5O2/c1-14(2)12-20(7,23-15(3)21)17(26)22-13-16-8-10-25(11-9-16)18(27)24-19(4,5)6/h14,16H,8-13H2,1-7H3,(H2,21,23)(H,22,26)(H,24,27). The van der Waals surface area contributed by atoms with E-state index in [1.54, 1.807) is 6.92 Å². The van der Waals surface area contributed by atoms with Gasteiger partial charge < -0.3 is 21.3 Å². The minimum absolute atomic E-state index is 0.0118. The summed E-state index contributed by atoms with van der Waals surface area (Å²) in [4.78, 5) is 31.3. The van der Waals surface area contributed by atoms with Crippen molar-refractivity contribution in [3.05, 3.63) is 0 Å². The van der Waals surface area contributed by atoms with E-state index < -0.39 is 5.54 Å². The van der Waals surface area contributed by atoms with Gasteiger partial charge in [0.05, 0.1) is 5.84 Å². The highest BCUT2D eigenvalue weighted by atomic mass is 16.2. The molecule has 27 heavy (non-hydrogen) atoms. The fraction of sp³-hybridized carbons (Fsp3) is 0.850. The Morgan fingerprint density at radius 1 is 1.19 bits per heavy atom. The third-order valence-corrected chi connectivity index (χ3v) is 4.65. The third-order valence-electron chi connectivity index (χ3n) is 4.65. The predicted molar refractivity (Wildman–Crippen MR) is 111 cm³/mol. The molecule has 0 saturated carbocycles. The number of amides is 3. The van der Waals surface area contributed by atoms with Crippen LogP contribution in [0.1, 0.15) is 67.7 Å². The predicted octanol–water partition coefficient (Wildman–Crippen LogP) is 2.50. The Bertz CT molecular complexity index is 541. The smallest absolute Gasteiger partial charge is 0.317 e. The molecule has 1 aliphatic rings. The van der Waals surface area contributed by atoms with E-state index in [4.69, 9.17) is 5.73 Å². The van der Waals surface area contributed by atoms with Crippen LogP contribution in [0.2, 0.25) is 0 Å². The minimum atomic E-state index is -0.833. The Balaban J connectivity index is 2.53. The maximum atomic E-state index is 12.8. The number of rotatable bonds is 6. The fourth-order valence-corrected chi connectivity index (χ4v) is 3.54. The summed E-state index contributed by atoms with van der Waals surface area (Å²) in [5.74, 6) is 1.06. The van der Waals surface area contributed by atoms with Gasteiger partial charge in [0, 0.05) is 25.2 Å². The summed E-state index contributed by atoms with van der Waals surface area (Å²) in [6.07, 6.45) is 2.43. The molecule has 0 spiro atoms. The van der Waals surface area contributed by atoms with E-state index in [1.807, 2.05) is 32.6 Å². The fourth-order valence-electron chi connectivity index (χ4n) is 3.54. The Morgan fingerprint density at radius 3 is 2.19 bits per heavy atom. The summed E-state index contributed by atoms with van der Waals surface area (Å²) in [7, 11) is 0. The van der Waals surface area contributed by atoms with Gasteiger partial charge in [-0.05, 0) is 65.7 Å². The molecule has 0 bridgehead atoms. The van der Waals surface area contributed by atoms with E-state index in [-0.39, 0.29) is 17.5 Å². The highest BCUT2D eigenvalue weighted by Gasteiger charge is 2.34. The van der Waals surface area contributed by atoms with Crippen molar-refractivity contribution in [2.45, 2.75) is 78.8 Å². The largest absolute Gasteiger partial charge is 0.388 e. The first kappa shape index (κ1) is 23.2. The average Bonchev–Trinajstić information content (AvgIpc) is 2.49. The Morgan fingerprint density at radius 2 is 1.74 bits per heavy atom.